The van der Waals surface area contributed by atoms with Crippen LogP contribution in [0.1, 0.15) is 102 Å². The SMILES string of the molecule is CC/C=C\C/C=C\C/C=C\C/C=C\C/C=C\C/C=C\CCC(=O)NCCOCCNC(=O)CC(O)CC(O)/C=C/c1c(-c2ccc(F)cc2)nc(N(C)S(C)=O)nc1C(C)C. The summed E-state index contributed by atoms with van der Waals surface area (Å²) in [5, 5.41) is 26.8. The maximum Gasteiger partial charge on any atom is 0.237 e. The van der Waals surface area contributed by atoms with E-state index >= 15 is 0 Å². The van der Waals surface area contributed by atoms with Crippen molar-refractivity contribution < 1.29 is 33.1 Å². The number of benzene rings is 1. The third kappa shape index (κ3) is 23.7. The van der Waals surface area contributed by atoms with Crippen molar-refractivity contribution in [1.82, 2.24) is 20.6 Å². The van der Waals surface area contributed by atoms with E-state index in [-0.39, 0.29) is 43.8 Å². The zero-order valence-electron chi connectivity index (χ0n) is 36.7. The lowest BCUT2D eigenvalue weighted by Crippen LogP contribution is -2.32. The van der Waals surface area contributed by atoms with Crippen LogP contribution in [0.15, 0.2) is 103 Å². The Hall–Kier alpha value is -4.82. The van der Waals surface area contributed by atoms with Crippen LogP contribution < -0.4 is 14.9 Å². The van der Waals surface area contributed by atoms with Gasteiger partial charge in [0.1, 0.15) is 16.8 Å². The number of ether oxygens (including phenoxy) is 1. The maximum absolute atomic E-state index is 13.8. The minimum atomic E-state index is -1.39. The number of aliphatic hydroxyl groups is 2. The number of allylic oxidation sites excluding steroid dienone is 12. The largest absolute Gasteiger partial charge is 0.392 e. The summed E-state index contributed by atoms with van der Waals surface area (Å²) in [4.78, 5) is 33.8. The normalized spacial score (nSPS) is 13.9. The molecule has 4 N–H and O–H groups in total. The Kier molecular flexibility index (Phi) is 27.4. The first-order valence-electron chi connectivity index (χ1n) is 21.2. The molecule has 3 atom stereocenters. The molecule has 1 aromatic heterocycles. The molecule has 0 fully saturated rings. The zero-order chi connectivity index (χ0) is 44.7. The van der Waals surface area contributed by atoms with E-state index in [0.29, 0.717) is 48.5 Å². The molecular weight excluding hydrogens is 794 g/mol. The Morgan fingerprint density at radius 1 is 0.820 bits per heavy atom. The van der Waals surface area contributed by atoms with E-state index in [4.69, 9.17) is 4.74 Å². The van der Waals surface area contributed by atoms with Crippen molar-refractivity contribution in [2.75, 3.05) is 43.9 Å². The lowest BCUT2D eigenvalue weighted by molar-refractivity contribution is -0.123. The van der Waals surface area contributed by atoms with Crippen LogP contribution in [0.4, 0.5) is 10.3 Å². The maximum atomic E-state index is 13.8. The van der Waals surface area contributed by atoms with Crippen molar-refractivity contribution in [3.05, 3.63) is 120 Å². The lowest BCUT2D eigenvalue weighted by atomic mass is 9.97. The molecule has 11 nitrogen and oxygen atoms in total. The van der Waals surface area contributed by atoms with Crippen LogP contribution >= 0.6 is 0 Å². The number of hydrogen-bond acceptors (Lipinski definition) is 8. The first-order chi connectivity index (χ1) is 29.4. The van der Waals surface area contributed by atoms with E-state index in [1.54, 1.807) is 25.3 Å². The van der Waals surface area contributed by atoms with Crippen LogP contribution in [0.3, 0.4) is 0 Å². The summed E-state index contributed by atoms with van der Waals surface area (Å²) in [5.41, 5.74) is 2.30. The van der Waals surface area contributed by atoms with Crippen molar-refractivity contribution in [2.24, 2.45) is 0 Å². The van der Waals surface area contributed by atoms with Crippen LogP contribution in [0.2, 0.25) is 0 Å². The first kappa shape index (κ1) is 52.3. The fraction of sp³-hybridized carbons (Fsp3) is 0.458. The van der Waals surface area contributed by atoms with Gasteiger partial charge in [0.2, 0.25) is 17.8 Å². The summed E-state index contributed by atoms with van der Waals surface area (Å²) >= 11 is 0. The molecule has 2 rings (SSSR count). The van der Waals surface area contributed by atoms with Gasteiger partial charge in [0.25, 0.3) is 0 Å². The second kappa shape index (κ2) is 32.0. The van der Waals surface area contributed by atoms with Crippen LogP contribution in [-0.2, 0) is 25.3 Å². The van der Waals surface area contributed by atoms with Gasteiger partial charge in [-0.05, 0) is 75.1 Å². The molecule has 0 spiro atoms. The van der Waals surface area contributed by atoms with Gasteiger partial charge in [-0.3, -0.25) is 13.9 Å². The summed E-state index contributed by atoms with van der Waals surface area (Å²) in [6, 6.07) is 5.82. The highest BCUT2D eigenvalue weighted by Crippen LogP contribution is 2.31. The Balaban J connectivity index is 1.62. The summed E-state index contributed by atoms with van der Waals surface area (Å²) in [6.07, 6.45) is 34.7. The molecule has 2 aromatic rings. The number of aromatic nitrogens is 2. The standard InChI is InChI=1S/C48H68FN5O6S/c1-6-7-8-9-10-11-12-13-14-15-16-17-18-19-20-21-22-23-24-25-44(57)50-32-34-60-35-33-51-45(58)37-42(56)36-41(55)30-31-43-46(38(2)3)52-48(54(4)61(5)59)53-47(43)39-26-28-40(49)29-27-39/h7-8,10-11,13-14,16-17,19-20,22-23,26-31,38,41-42,55-56H,6,9,12,15,18,21,24-25,32-37H2,1-5H3,(H,50,57)(H,51,58)/b8-7-,11-10-,14-13-,17-16-,20-19-,23-22-,31-30+. The van der Waals surface area contributed by atoms with Crippen LogP contribution in [-0.4, -0.2) is 88.0 Å². The van der Waals surface area contributed by atoms with Crippen LogP contribution in [0, 0.1) is 5.82 Å². The number of halogens is 1. The topological polar surface area (TPSA) is 154 Å². The second-order valence-corrected chi connectivity index (χ2v) is 15.9. The highest BCUT2D eigenvalue weighted by molar-refractivity contribution is 7.85. The highest BCUT2D eigenvalue weighted by Gasteiger charge is 2.21. The first-order valence-corrected chi connectivity index (χ1v) is 22.7. The number of hydrogen-bond donors (Lipinski definition) is 4. The monoisotopic (exact) mass is 861 g/mol. The molecule has 0 aliphatic rings. The Morgan fingerprint density at radius 3 is 1.87 bits per heavy atom. The molecule has 3 unspecified atom stereocenters. The number of rotatable bonds is 30. The molecule has 0 radical (unpaired) electrons. The minimum absolute atomic E-state index is 0.0547. The third-order valence-corrected chi connectivity index (χ3v) is 9.92. The number of anilines is 1. The average Bonchev–Trinajstić information content (AvgIpc) is 3.22. The summed E-state index contributed by atoms with van der Waals surface area (Å²) in [7, 11) is 0.229. The summed E-state index contributed by atoms with van der Waals surface area (Å²) in [5.74, 6) is -0.698. The molecule has 2 amide bonds. The van der Waals surface area contributed by atoms with Gasteiger partial charge in [0, 0.05) is 50.4 Å². The summed E-state index contributed by atoms with van der Waals surface area (Å²) in [6.45, 7) is 7.15. The van der Waals surface area contributed by atoms with Crippen molar-refractivity contribution in [1.29, 1.82) is 0 Å². The Bertz CT molecular complexity index is 1820. The molecule has 0 saturated carbocycles. The molecule has 13 heteroatoms. The van der Waals surface area contributed by atoms with Crippen LogP contribution in [0.5, 0.6) is 0 Å². The number of nitrogens with one attached hydrogen (secondary N) is 2. The molecule has 1 aromatic carbocycles. The van der Waals surface area contributed by atoms with Crippen molar-refractivity contribution in [3.8, 4) is 11.3 Å². The van der Waals surface area contributed by atoms with E-state index in [0.717, 1.165) is 38.5 Å². The van der Waals surface area contributed by atoms with Gasteiger partial charge in [0.05, 0.1) is 43.2 Å². The predicted molar refractivity (Wildman–Crippen MR) is 249 cm³/mol. The van der Waals surface area contributed by atoms with Gasteiger partial charge in [-0.15, -0.1) is 0 Å². The number of carbonyl (C=O) groups is 2. The van der Waals surface area contributed by atoms with E-state index in [2.05, 4.69) is 94.4 Å². The van der Waals surface area contributed by atoms with Gasteiger partial charge in [-0.1, -0.05) is 106 Å². The zero-order valence-corrected chi connectivity index (χ0v) is 37.5. The minimum Gasteiger partial charge on any atom is -0.392 e. The van der Waals surface area contributed by atoms with E-state index in [1.807, 2.05) is 19.9 Å². The fourth-order valence-corrected chi connectivity index (χ4v) is 5.98. The highest BCUT2D eigenvalue weighted by atomic mass is 32.2. The van der Waals surface area contributed by atoms with E-state index < -0.39 is 34.9 Å². The van der Waals surface area contributed by atoms with E-state index in [1.165, 1.54) is 28.8 Å². The van der Waals surface area contributed by atoms with Gasteiger partial charge < -0.3 is 25.6 Å². The molecule has 1 heterocycles. The van der Waals surface area contributed by atoms with Crippen LogP contribution in [0.25, 0.3) is 17.3 Å². The van der Waals surface area contributed by atoms with E-state index in [9.17, 15) is 28.4 Å². The molecule has 0 bridgehead atoms. The van der Waals surface area contributed by atoms with Gasteiger partial charge in [-0.2, -0.15) is 0 Å². The number of amides is 2. The molecule has 61 heavy (non-hydrogen) atoms. The molecule has 0 aliphatic carbocycles. The fourth-order valence-electron chi connectivity index (χ4n) is 5.67. The average molecular weight is 862 g/mol. The Morgan fingerprint density at radius 2 is 1.34 bits per heavy atom. The molecular formula is C48H68FN5O6S. The summed E-state index contributed by atoms with van der Waals surface area (Å²) < 4.78 is 32.9. The molecule has 0 aliphatic heterocycles. The third-order valence-electron chi connectivity index (χ3n) is 8.99. The predicted octanol–water partition coefficient (Wildman–Crippen LogP) is 8.38. The number of aliphatic hydroxyl groups excluding tert-OH is 2. The molecule has 0 saturated heterocycles. The number of nitrogens with zero attached hydrogens (tertiary/aromatic N) is 3. The van der Waals surface area contributed by atoms with Gasteiger partial charge >= 0.3 is 0 Å². The van der Waals surface area contributed by atoms with Gasteiger partial charge in [-0.25, -0.2) is 18.6 Å². The lowest BCUT2D eigenvalue weighted by Gasteiger charge is -2.20. The smallest absolute Gasteiger partial charge is 0.237 e. The molecule has 334 valence electrons. The van der Waals surface area contributed by atoms with Crippen molar-refractivity contribution in [2.45, 2.75) is 103 Å². The number of carbonyl (C=O) groups excluding carboxylic acids is 2. The quantitative estimate of drug-likeness (QED) is 0.0452. The second-order valence-electron chi connectivity index (χ2n) is 14.5. The van der Waals surface area contributed by atoms with Gasteiger partial charge in [0.15, 0.2) is 0 Å². The van der Waals surface area contributed by atoms with Crippen molar-refractivity contribution in [3.63, 3.8) is 0 Å². The Labute approximate surface area is 366 Å². The van der Waals surface area contributed by atoms with Crippen molar-refractivity contribution >= 4 is 34.8 Å².